The number of hydrogen-bond donors (Lipinski definition) is 2. The Bertz CT molecular complexity index is 920. The van der Waals surface area contributed by atoms with Crippen molar-refractivity contribution in [1.29, 1.82) is 0 Å². The molecule has 0 radical (unpaired) electrons. The SMILES string of the molecule is O=C(NCCc1ccccc1)Nc1ccc2c(c1)C(=O)N(C1CCCCC1)C2=O. The average molecular weight is 391 g/mol. The molecule has 1 aliphatic heterocycles. The summed E-state index contributed by atoms with van der Waals surface area (Å²) >= 11 is 0. The molecule has 2 N–H and O–H groups in total. The number of rotatable bonds is 5. The first kappa shape index (κ1) is 19.2. The van der Waals surface area contributed by atoms with E-state index >= 15 is 0 Å². The predicted octanol–water partition coefficient (Wildman–Crippen LogP) is 3.98. The number of amides is 4. The summed E-state index contributed by atoms with van der Waals surface area (Å²) in [4.78, 5) is 39.2. The lowest BCUT2D eigenvalue weighted by molar-refractivity contribution is 0.0549. The van der Waals surface area contributed by atoms with Gasteiger partial charge in [-0.1, -0.05) is 49.6 Å². The number of anilines is 1. The van der Waals surface area contributed by atoms with Crippen LogP contribution in [-0.4, -0.2) is 35.3 Å². The maximum atomic E-state index is 12.9. The van der Waals surface area contributed by atoms with Gasteiger partial charge >= 0.3 is 6.03 Å². The second-order valence-corrected chi connectivity index (χ2v) is 7.65. The van der Waals surface area contributed by atoms with Crippen LogP contribution in [0, 0.1) is 0 Å². The van der Waals surface area contributed by atoms with Gasteiger partial charge in [0.2, 0.25) is 0 Å². The van der Waals surface area contributed by atoms with Gasteiger partial charge in [0.1, 0.15) is 0 Å². The van der Waals surface area contributed by atoms with Crippen molar-refractivity contribution in [1.82, 2.24) is 10.2 Å². The normalized spacial score (nSPS) is 16.6. The molecule has 6 nitrogen and oxygen atoms in total. The molecule has 1 aliphatic carbocycles. The minimum absolute atomic E-state index is 0.00570. The largest absolute Gasteiger partial charge is 0.338 e. The van der Waals surface area contributed by atoms with Gasteiger partial charge in [0.05, 0.1) is 11.1 Å². The van der Waals surface area contributed by atoms with E-state index in [1.165, 1.54) is 4.90 Å². The molecule has 150 valence electrons. The van der Waals surface area contributed by atoms with Crippen LogP contribution in [0.4, 0.5) is 10.5 Å². The molecule has 1 heterocycles. The van der Waals surface area contributed by atoms with Crippen molar-refractivity contribution in [3.8, 4) is 0 Å². The maximum Gasteiger partial charge on any atom is 0.319 e. The highest BCUT2D eigenvalue weighted by Gasteiger charge is 2.40. The molecule has 1 fully saturated rings. The third kappa shape index (κ3) is 4.16. The molecular formula is C23H25N3O3. The summed E-state index contributed by atoms with van der Waals surface area (Å²) < 4.78 is 0. The first-order chi connectivity index (χ1) is 14.1. The summed E-state index contributed by atoms with van der Waals surface area (Å²) in [7, 11) is 0. The van der Waals surface area contributed by atoms with E-state index in [0.29, 0.717) is 23.4 Å². The van der Waals surface area contributed by atoms with Crippen molar-refractivity contribution in [2.45, 2.75) is 44.6 Å². The molecule has 4 amide bonds. The van der Waals surface area contributed by atoms with Crippen LogP contribution in [0.15, 0.2) is 48.5 Å². The number of nitrogens with zero attached hydrogens (tertiary/aromatic N) is 1. The number of hydrogen-bond acceptors (Lipinski definition) is 3. The van der Waals surface area contributed by atoms with Gasteiger partial charge < -0.3 is 10.6 Å². The van der Waals surface area contributed by atoms with Crippen LogP contribution in [0.1, 0.15) is 58.4 Å². The van der Waals surface area contributed by atoms with Gasteiger partial charge in [-0.05, 0) is 43.0 Å². The molecule has 0 spiro atoms. The predicted molar refractivity (Wildman–Crippen MR) is 111 cm³/mol. The van der Waals surface area contributed by atoms with Gasteiger partial charge in [0, 0.05) is 18.3 Å². The Morgan fingerprint density at radius 1 is 0.931 bits per heavy atom. The van der Waals surface area contributed by atoms with Crippen molar-refractivity contribution in [3.63, 3.8) is 0 Å². The highest BCUT2D eigenvalue weighted by Crippen LogP contribution is 2.32. The number of nitrogens with one attached hydrogen (secondary N) is 2. The summed E-state index contributed by atoms with van der Waals surface area (Å²) in [6, 6.07) is 14.5. The third-order valence-corrected chi connectivity index (χ3v) is 5.66. The van der Waals surface area contributed by atoms with Crippen molar-refractivity contribution in [2.24, 2.45) is 0 Å². The van der Waals surface area contributed by atoms with Gasteiger partial charge in [-0.25, -0.2) is 4.79 Å². The maximum absolute atomic E-state index is 12.9. The number of fused-ring (bicyclic) bond motifs is 1. The second-order valence-electron chi connectivity index (χ2n) is 7.65. The second kappa shape index (κ2) is 8.47. The van der Waals surface area contributed by atoms with Crippen LogP contribution in [0.5, 0.6) is 0 Å². The lowest BCUT2D eigenvalue weighted by Gasteiger charge is -2.29. The molecule has 6 heteroatoms. The summed E-state index contributed by atoms with van der Waals surface area (Å²) in [6.07, 6.45) is 5.75. The first-order valence-corrected chi connectivity index (χ1v) is 10.2. The first-order valence-electron chi connectivity index (χ1n) is 10.2. The fourth-order valence-corrected chi connectivity index (χ4v) is 4.15. The summed E-state index contributed by atoms with van der Waals surface area (Å²) in [5.41, 5.74) is 2.46. The van der Waals surface area contributed by atoms with E-state index in [0.717, 1.165) is 44.1 Å². The van der Waals surface area contributed by atoms with Crippen molar-refractivity contribution in [2.75, 3.05) is 11.9 Å². The summed E-state index contributed by atoms with van der Waals surface area (Å²) in [5.74, 6) is -0.458. The number of imide groups is 1. The Morgan fingerprint density at radius 3 is 2.41 bits per heavy atom. The minimum Gasteiger partial charge on any atom is -0.338 e. The molecule has 0 saturated heterocycles. The molecule has 0 bridgehead atoms. The van der Waals surface area contributed by atoms with Crippen LogP contribution in [0.3, 0.4) is 0 Å². The van der Waals surface area contributed by atoms with E-state index in [2.05, 4.69) is 10.6 Å². The highest BCUT2D eigenvalue weighted by molar-refractivity contribution is 6.22. The molecular weight excluding hydrogens is 366 g/mol. The van der Waals surface area contributed by atoms with Crippen LogP contribution >= 0.6 is 0 Å². The van der Waals surface area contributed by atoms with E-state index in [4.69, 9.17) is 0 Å². The zero-order valence-corrected chi connectivity index (χ0v) is 16.3. The molecule has 0 atom stereocenters. The molecule has 29 heavy (non-hydrogen) atoms. The van der Waals surface area contributed by atoms with Gasteiger partial charge in [0.25, 0.3) is 11.8 Å². The smallest absolute Gasteiger partial charge is 0.319 e. The van der Waals surface area contributed by atoms with Crippen LogP contribution < -0.4 is 10.6 Å². The summed E-state index contributed by atoms with van der Waals surface area (Å²) in [5, 5.41) is 5.57. The third-order valence-electron chi connectivity index (χ3n) is 5.66. The van der Waals surface area contributed by atoms with Crippen LogP contribution in [0.2, 0.25) is 0 Å². The molecule has 2 aromatic rings. The van der Waals surface area contributed by atoms with E-state index in [-0.39, 0.29) is 23.9 Å². The zero-order valence-electron chi connectivity index (χ0n) is 16.3. The minimum atomic E-state index is -0.332. The van der Waals surface area contributed by atoms with Crippen molar-refractivity contribution < 1.29 is 14.4 Å². The average Bonchev–Trinajstić information content (AvgIpc) is 2.99. The number of carbonyl (C=O) groups is 3. The van der Waals surface area contributed by atoms with Crippen LogP contribution in [-0.2, 0) is 6.42 Å². The molecule has 4 rings (SSSR count). The Hall–Kier alpha value is -3.15. The van der Waals surface area contributed by atoms with Crippen molar-refractivity contribution in [3.05, 3.63) is 65.2 Å². The van der Waals surface area contributed by atoms with E-state index in [1.807, 2.05) is 30.3 Å². The number of carbonyl (C=O) groups excluding carboxylic acids is 3. The van der Waals surface area contributed by atoms with E-state index in [1.54, 1.807) is 18.2 Å². The lowest BCUT2D eigenvalue weighted by atomic mass is 9.94. The number of benzene rings is 2. The summed E-state index contributed by atoms with van der Waals surface area (Å²) in [6.45, 7) is 0.508. The van der Waals surface area contributed by atoms with Gasteiger partial charge in [0.15, 0.2) is 0 Å². The highest BCUT2D eigenvalue weighted by atomic mass is 16.2. The quantitative estimate of drug-likeness (QED) is 0.757. The number of urea groups is 1. The Labute approximate surface area is 170 Å². The van der Waals surface area contributed by atoms with Crippen molar-refractivity contribution >= 4 is 23.5 Å². The standard InChI is InChI=1S/C23H25N3O3/c27-21-19-12-11-17(25-23(29)24-14-13-16-7-3-1-4-8-16)15-20(19)22(28)26(21)18-9-5-2-6-10-18/h1,3-4,7-8,11-12,15,18H,2,5-6,9-10,13-14H2,(H2,24,25,29). The Morgan fingerprint density at radius 2 is 1.66 bits per heavy atom. The Kier molecular flexibility index (Phi) is 5.60. The lowest BCUT2D eigenvalue weighted by Crippen LogP contribution is -2.40. The Balaban J connectivity index is 1.37. The van der Waals surface area contributed by atoms with Crippen LogP contribution in [0.25, 0.3) is 0 Å². The van der Waals surface area contributed by atoms with E-state index in [9.17, 15) is 14.4 Å². The van der Waals surface area contributed by atoms with Gasteiger partial charge in [-0.3, -0.25) is 14.5 Å². The topological polar surface area (TPSA) is 78.5 Å². The van der Waals surface area contributed by atoms with E-state index < -0.39 is 0 Å². The molecule has 0 unspecified atom stereocenters. The molecule has 1 saturated carbocycles. The fourth-order valence-electron chi connectivity index (χ4n) is 4.15. The van der Waals surface area contributed by atoms with Gasteiger partial charge in [-0.15, -0.1) is 0 Å². The fraction of sp³-hybridized carbons (Fsp3) is 0.348. The monoisotopic (exact) mass is 391 g/mol. The molecule has 2 aliphatic rings. The zero-order chi connectivity index (χ0) is 20.2. The molecule has 0 aromatic heterocycles. The van der Waals surface area contributed by atoms with Gasteiger partial charge in [-0.2, -0.15) is 0 Å². The molecule has 2 aromatic carbocycles.